The summed E-state index contributed by atoms with van der Waals surface area (Å²) < 4.78 is 0. The normalized spacial score (nSPS) is 10.1. The van der Waals surface area contributed by atoms with E-state index in [1.807, 2.05) is 0 Å². The summed E-state index contributed by atoms with van der Waals surface area (Å²) >= 11 is 0. The summed E-state index contributed by atoms with van der Waals surface area (Å²) in [6.45, 7) is 0. The van der Waals surface area contributed by atoms with Crippen LogP contribution in [0.1, 0.15) is 11.1 Å². The van der Waals surface area contributed by atoms with Gasteiger partial charge in [-0.3, -0.25) is 0 Å². The molecule has 0 fully saturated rings. The standard InChI is InChI=1S/2C9H8O4.Zn/c2*10-7-3-1-6(5-8(7)11)2-4-9(12)13;/h2*1-5,10-11H,(H,12,13);/b2*4-2+;. The number of carboxylic acid groups (broad SMARTS) is 2. The molecule has 2 aromatic carbocycles. The van der Waals surface area contributed by atoms with Crippen molar-refractivity contribution in [1.82, 2.24) is 0 Å². The third-order valence-electron chi connectivity index (χ3n) is 2.84. The molecule has 0 aromatic heterocycles. The number of hydrogen-bond donors (Lipinski definition) is 6. The van der Waals surface area contributed by atoms with E-state index in [-0.39, 0.29) is 42.5 Å². The molecule has 0 atom stereocenters. The second-order valence-corrected chi connectivity index (χ2v) is 4.84. The average Bonchev–Trinajstić information content (AvgIpc) is 2.57. The molecule has 6 N–H and O–H groups in total. The predicted octanol–water partition coefficient (Wildman–Crippen LogP) is 2.39. The number of benzene rings is 2. The minimum atomic E-state index is -1.06. The Balaban J connectivity index is 0.000000483. The molecule has 0 heterocycles. The molecule has 138 valence electrons. The van der Waals surface area contributed by atoms with Crippen molar-refractivity contribution in [3.8, 4) is 23.0 Å². The van der Waals surface area contributed by atoms with Crippen LogP contribution in [-0.4, -0.2) is 42.6 Å². The van der Waals surface area contributed by atoms with Crippen LogP contribution in [0.5, 0.6) is 23.0 Å². The van der Waals surface area contributed by atoms with Gasteiger partial charge in [0.15, 0.2) is 23.0 Å². The first kappa shape index (κ1) is 23.7. The van der Waals surface area contributed by atoms with Crippen LogP contribution in [0.2, 0.25) is 0 Å². The SMILES string of the molecule is O=C(O)/C=C/c1ccc(O)c(O)c1.O=C(O)/C=C/c1ccc(O)c(O)c1.[Zn]. The molecule has 9 heteroatoms. The Morgan fingerprint density at radius 2 is 0.963 bits per heavy atom. The van der Waals surface area contributed by atoms with E-state index in [4.69, 9.17) is 30.6 Å². The van der Waals surface area contributed by atoms with Crippen molar-refractivity contribution in [2.75, 3.05) is 0 Å². The van der Waals surface area contributed by atoms with Crippen molar-refractivity contribution < 1.29 is 59.7 Å². The zero-order valence-corrected chi connectivity index (χ0v) is 16.9. The molecular formula is C18H16O8Zn. The van der Waals surface area contributed by atoms with E-state index in [2.05, 4.69) is 0 Å². The van der Waals surface area contributed by atoms with Crippen LogP contribution in [-0.2, 0) is 29.1 Å². The van der Waals surface area contributed by atoms with Crippen molar-refractivity contribution in [2.45, 2.75) is 0 Å². The minimum absolute atomic E-state index is 0. The summed E-state index contributed by atoms with van der Waals surface area (Å²) in [4.78, 5) is 20.3. The zero-order chi connectivity index (χ0) is 19.7. The van der Waals surface area contributed by atoms with Gasteiger partial charge in [0, 0.05) is 31.6 Å². The van der Waals surface area contributed by atoms with Gasteiger partial charge in [0.1, 0.15) is 0 Å². The summed E-state index contributed by atoms with van der Waals surface area (Å²) in [7, 11) is 0. The average molecular weight is 426 g/mol. The van der Waals surface area contributed by atoms with Crippen molar-refractivity contribution in [3.05, 3.63) is 59.7 Å². The van der Waals surface area contributed by atoms with Gasteiger partial charge < -0.3 is 30.6 Å². The van der Waals surface area contributed by atoms with Crippen LogP contribution in [0.4, 0.5) is 0 Å². The maximum Gasteiger partial charge on any atom is 0.328 e. The number of carbonyl (C=O) groups is 2. The topological polar surface area (TPSA) is 156 Å². The molecule has 0 amide bonds. The van der Waals surface area contributed by atoms with Gasteiger partial charge in [-0.2, -0.15) is 0 Å². The number of phenols is 4. The monoisotopic (exact) mass is 424 g/mol. The van der Waals surface area contributed by atoms with Crippen molar-refractivity contribution >= 4 is 24.1 Å². The number of hydrogen-bond acceptors (Lipinski definition) is 6. The number of rotatable bonds is 4. The Bertz CT molecular complexity index is 787. The van der Waals surface area contributed by atoms with Crippen molar-refractivity contribution in [3.63, 3.8) is 0 Å². The van der Waals surface area contributed by atoms with E-state index in [0.717, 1.165) is 12.2 Å². The van der Waals surface area contributed by atoms with E-state index < -0.39 is 11.9 Å². The van der Waals surface area contributed by atoms with Crippen LogP contribution < -0.4 is 0 Å². The number of aromatic hydroxyl groups is 4. The smallest absolute Gasteiger partial charge is 0.328 e. The third kappa shape index (κ3) is 9.08. The van der Waals surface area contributed by atoms with E-state index >= 15 is 0 Å². The molecule has 2 rings (SSSR count). The van der Waals surface area contributed by atoms with Gasteiger partial charge in [0.25, 0.3) is 0 Å². The number of aliphatic carboxylic acids is 2. The first-order valence-electron chi connectivity index (χ1n) is 7.05. The summed E-state index contributed by atoms with van der Waals surface area (Å²) in [6, 6.07) is 8.11. The molecule has 2 aromatic rings. The van der Waals surface area contributed by atoms with Crippen LogP contribution in [0.15, 0.2) is 48.6 Å². The van der Waals surface area contributed by atoms with Crippen LogP contribution in [0, 0.1) is 0 Å². The Kier molecular flexibility index (Phi) is 9.94. The van der Waals surface area contributed by atoms with Gasteiger partial charge in [-0.1, -0.05) is 12.1 Å². The van der Waals surface area contributed by atoms with E-state index in [9.17, 15) is 9.59 Å². The van der Waals surface area contributed by atoms with Gasteiger partial charge in [0.05, 0.1) is 0 Å². The zero-order valence-electron chi connectivity index (χ0n) is 14.0. The first-order chi connectivity index (χ1) is 12.2. The Morgan fingerprint density at radius 3 is 1.22 bits per heavy atom. The second kappa shape index (κ2) is 11.3. The summed E-state index contributed by atoms with van der Waals surface area (Å²) in [5.41, 5.74) is 1.02. The fourth-order valence-corrected chi connectivity index (χ4v) is 1.62. The molecule has 0 aliphatic carbocycles. The van der Waals surface area contributed by atoms with E-state index in [1.165, 1.54) is 48.6 Å². The molecule has 0 aliphatic heterocycles. The fourth-order valence-electron chi connectivity index (χ4n) is 1.62. The third-order valence-corrected chi connectivity index (χ3v) is 2.84. The largest absolute Gasteiger partial charge is 0.504 e. The molecule has 0 bridgehead atoms. The predicted molar refractivity (Wildman–Crippen MR) is 92.9 cm³/mol. The maximum atomic E-state index is 10.1. The van der Waals surface area contributed by atoms with Gasteiger partial charge >= 0.3 is 11.9 Å². The molecule has 8 nitrogen and oxygen atoms in total. The maximum absolute atomic E-state index is 10.1. The number of phenolic OH excluding ortho intramolecular Hbond substituents is 4. The summed E-state index contributed by atoms with van der Waals surface area (Å²) in [6.07, 6.45) is 4.54. The van der Waals surface area contributed by atoms with Gasteiger partial charge in [-0.05, 0) is 47.5 Å². The second-order valence-electron chi connectivity index (χ2n) is 4.84. The molecule has 0 saturated carbocycles. The first-order valence-corrected chi connectivity index (χ1v) is 7.05. The molecule has 0 unspecified atom stereocenters. The van der Waals surface area contributed by atoms with Crippen LogP contribution >= 0.6 is 0 Å². The van der Waals surface area contributed by atoms with E-state index in [0.29, 0.717) is 11.1 Å². The van der Waals surface area contributed by atoms with E-state index in [1.54, 1.807) is 0 Å². The molecule has 0 radical (unpaired) electrons. The van der Waals surface area contributed by atoms with Crippen molar-refractivity contribution in [2.24, 2.45) is 0 Å². The van der Waals surface area contributed by atoms with Crippen LogP contribution in [0.25, 0.3) is 12.2 Å². The quantitative estimate of drug-likeness (QED) is 0.248. The molecule has 0 aliphatic rings. The van der Waals surface area contributed by atoms with Gasteiger partial charge in [0.2, 0.25) is 0 Å². The molecule has 27 heavy (non-hydrogen) atoms. The Labute approximate surface area is 166 Å². The fraction of sp³-hybridized carbons (Fsp3) is 0. The Hall–Kier alpha value is -3.32. The van der Waals surface area contributed by atoms with Gasteiger partial charge in [-0.25, -0.2) is 9.59 Å². The number of carboxylic acids is 2. The Morgan fingerprint density at radius 1 is 0.630 bits per heavy atom. The van der Waals surface area contributed by atoms with Gasteiger partial charge in [-0.15, -0.1) is 0 Å². The summed E-state index contributed by atoms with van der Waals surface area (Å²) in [5, 5.41) is 52.5. The van der Waals surface area contributed by atoms with Crippen molar-refractivity contribution in [1.29, 1.82) is 0 Å². The van der Waals surface area contributed by atoms with Crippen LogP contribution in [0.3, 0.4) is 0 Å². The molecule has 0 spiro atoms. The minimum Gasteiger partial charge on any atom is -0.504 e. The molecular weight excluding hydrogens is 410 g/mol. The molecule has 0 saturated heterocycles. The summed E-state index contributed by atoms with van der Waals surface area (Å²) in [5.74, 6) is -3.12.